The summed E-state index contributed by atoms with van der Waals surface area (Å²) in [5, 5.41) is 0.620. The highest BCUT2D eigenvalue weighted by Gasteiger charge is 2.15. The monoisotopic (exact) mass is 327 g/mol. The van der Waals surface area contributed by atoms with Crippen molar-refractivity contribution in [2.24, 2.45) is 0 Å². The normalized spacial score (nSPS) is 10.9. The molecular formula is C21H17N3O. The molecule has 4 rings (SSSR count). The van der Waals surface area contributed by atoms with Gasteiger partial charge in [-0.2, -0.15) is 0 Å². The Balaban J connectivity index is 1.92. The Kier molecular flexibility index (Phi) is 3.78. The number of hydrogen-bond donors (Lipinski definition) is 0. The number of aromatic nitrogens is 3. The molecule has 4 nitrogen and oxygen atoms in total. The number of rotatable bonds is 4. The van der Waals surface area contributed by atoms with Crippen LogP contribution in [-0.2, 0) is 6.54 Å². The van der Waals surface area contributed by atoms with Crippen LogP contribution in [0.5, 0.6) is 0 Å². The van der Waals surface area contributed by atoms with Crippen molar-refractivity contribution in [3.63, 3.8) is 0 Å². The Bertz CT molecular complexity index is 1090. The molecule has 4 heteroatoms. The second-order valence-corrected chi connectivity index (χ2v) is 5.83. The second kappa shape index (κ2) is 6.24. The topological polar surface area (TPSA) is 39.8 Å². The molecule has 2 aromatic carbocycles. The molecule has 0 fully saturated rings. The first-order valence-electron chi connectivity index (χ1n) is 8.11. The maximum atomic E-state index is 12.9. The average molecular weight is 327 g/mol. The fourth-order valence-corrected chi connectivity index (χ4v) is 2.99. The predicted octanol–water partition coefficient (Wildman–Crippen LogP) is 3.88. The number of hydrogen-bond acceptors (Lipinski definition) is 2. The summed E-state index contributed by atoms with van der Waals surface area (Å²) >= 11 is 0. The van der Waals surface area contributed by atoms with Crippen LogP contribution in [0.3, 0.4) is 0 Å². The Morgan fingerprint density at radius 2 is 1.72 bits per heavy atom. The van der Waals surface area contributed by atoms with Gasteiger partial charge in [-0.1, -0.05) is 55.1 Å². The van der Waals surface area contributed by atoms with Crippen molar-refractivity contribution in [2.45, 2.75) is 6.54 Å². The quantitative estimate of drug-likeness (QED) is 0.571. The van der Waals surface area contributed by atoms with Gasteiger partial charge in [0.1, 0.15) is 0 Å². The van der Waals surface area contributed by atoms with Crippen molar-refractivity contribution < 1.29 is 0 Å². The standard InChI is InChI=1S/C21H17N3O/c1-2-16-10-12-17(13-11-16)15-23-20-19(9-6-14-22-20)21(25)24(23)18-7-4-3-5-8-18/h2-14H,1,15H2. The van der Waals surface area contributed by atoms with Crippen LogP contribution < -0.4 is 5.56 Å². The zero-order valence-corrected chi connectivity index (χ0v) is 13.7. The molecule has 2 heterocycles. The minimum absolute atomic E-state index is 0.0583. The molecule has 25 heavy (non-hydrogen) atoms. The minimum Gasteiger partial charge on any atom is -0.267 e. The molecular weight excluding hydrogens is 310 g/mol. The molecule has 0 aliphatic heterocycles. The highest BCUT2D eigenvalue weighted by Crippen LogP contribution is 2.16. The van der Waals surface area contributed by atoms with Crippen molar-refractivity contribution in [3.05, 3.63) is 101 Å². The summed E-state index contributed by atoms with van der Waals surface area (Å²) in [4.78, 5) is 17.4. The lowest BCUT2D eigenvalue weighted by Gasteiger charge is -2.12. The first kappa shape index (κ1) is 15.1. The molecule has 0 aliphatic carbocycles. The van der Waals surface area contributed by atoms with E-state index >= 15 is 0 Å². The van der Waals surface area contributed by atoms with Crippen molar-refractivity contribution in [2.75, 3.05) is 0 Å². The lowest BCUT2D eigenvalue weighted by Crippen LogP contribution is -2.21. The van der Waals surface area contributed by atoms with E-state index in [9.17, 15) is 4.79 Å². The summed E-state index contributed by atoms with van der Waals surface area (Å²) in [5.74, 6) is 0. The van der Waals surface area contributed by atoms with Gasteiger partial charge >= 0.3 is 0 Å². The predicted molar refractivity (Wildman–Crippen MR) is 101 cm³/mol. The second-order valence-electron chi connectivity index (χ2n) is 5.83. The maximum Gasteiger partial charge on any atom is 0.280 e. The fourth-order valence-electron chi connectivity index (χ4n) is 2.99. The van der Waals surface area contributed by atoms with Crippen LogP contribution >= 0.6 is 0 Å². The van der Waals surface area contributed by atoms with Crippen LogP contribution in [0.1, 0.15) is 11.1 Å². The average Bonchev–Trinajstić information content (AvgIpc) is 2.95. The van der Waals surface area contributed by atoms with Crippen LogP contribution in [0.15, 0.2) is 84.3 Å². The maximum absolute atomic E-state index is 12.9. The van der Waals surface area contributed by atoms with Crippen LogP contribution in [0.2, 0.25) is 0 Å². The van der Waals surface area contributed by atoms with E-state index in [1.807, 2.05) is 71.4 Å². The molecule has 122 valence electrons. The van der Waals surface area contributed by atoms with E-state index in [-0.39, 0.29) is 5.56 Å². The molecule has 0 spiro atoms. The number of nitrogens with zero attached hydrogens (tertiary/aromatic N) is 3. The van der Waals surface area contributed by atoms with Gasteiger partial charge in [0.2, 0.25) is 0 Å². The Morgan fingerprint density at radius 1 is 0.960 bits per heavy atom. The summed E-state index contributed by atoms with van der Waals surface area (Å²) in [6, 6.07) is 21.4. The first-order valence-corrected chi connectivity index (χ1v) is 8.11. The van der Waals surface area contributed by atoms with Crippen molar-refractivity contribution >= 4 is 17.1 Å². The number of pyridine rings is 1. The van der Waals surface area contributed by atoms with Crippen molar-refractivity contribution in [1.29, 1.82) is 0 Å². The van der Waals surface area contributed by atoms with Gasteiger partial charge in [-0.25, -0.2) is 9.67 Å². The molecule has 0 N–H and O–H groups in total. The lowest BCUT2D eigenvalue weighted by atomic mass is 10.1. The molecule has 0 amide bonds. The molecule has 0 aliphatic rings. The van der Waals surface area contributed by atoms with Crippen LogP contribution in [0.4, 0.5) is 0 Å². The lowest BCUT2D eigenvalue weighted by molar-refractivity contribution is 0.607. The van der Waals surface area contributed by atoms with E-state index in [2.05, 4.69) is 11.6 Å². The number of para-hydroxylation sites is 1. The third-order valence-corrected chi connectivity index (χ3v) is 4.24. The first-order chi connectivity index (χ1) is 12.3. The van der Waals surface area contributed by atoms with Gasteiger partial charge in [-0.05, 0) is 35.4 Å². The Labute approximate surface area is 145 Å². The number of benzene rings is 2. The van der Waals surface area contributed by atoms with E-state index in [0.717, 1.165) is 16.8 Å². The van der Waals surface area contributed by atoms with E-state index < -0.39 is 0 Å². The Morgan fingerprint density at radius 3 is 2.44 bits per heavy atom. The largest absolute Gasteiger partial charge is 0.280 e. The van der Waals surface area contributed by atoms with Gasteiger partial charge in [0.05, 0.1) is 17.6 Å². The molecule has 4 aromatic rings. The summed E-state index contributed by atoms with van der Waals surface area (Å²) < 4.78 is 3.62. The molecule has 0 unspecified atom stereocenters. The Hall–Kier alpha value is -3.40. The zero-order valence-electron chi connectivity index (χ0n) is 13.7. The van der Waals surface area contributed by atoms with E-state index in [4.69, 9.17) is 0 Å². The summed E-state index contributed by atoms with van der Waals surface area (Å²) in [5.41, 5.74) is 3.62. The van der Waals surface area contributed by atoms with E-state index in [1.54, 1.807) is 16.9 Å². The third-order valence-electron chi connectivity index (χ3n) is 4.24. The summed E-state index contributed by atoms with van der Waals surface area (Å²) in [6.07, 6.45) is 3.53. The molecule has 0 bridgehead atoms. The van der Waals surface area contributed by atoms with Gasteiger partial charge < -0.3 is 0 Å². The number of fused-ring (bicyclic) bond motifs is 1. The van der Waals surface area contributed by atoms with E-state index in [0.29, 0.717) is 17.6 Å². The molecule has 0 radical (unpaired) electrons. The van der Waals surface area contributed by atoms with Gasteiger partial charge in [-0.3, -0.25) is 9.48 Å². The highest BCUT2D eigenvalue weighted by molar-refractivity contribution is 5.75. The van der Waals surface area contributed by atoms with Gasteiger partial charge in [0.25, 0.3) is 5.56 Å². The van der Waals surface area contributed by atoms with Gasteiger partial charge in [-0.15, -0.1) is 0 Å². The summed E-state index contributed by atoms with van der Waals surface area (Å²) in [7, 11) is 0. The van der Waals surface area contributed by atoms with Gasteiger partial charge in [0.15, 0.2) is 5.65 Å². The fraction of sp³-hybridized carbons (Fsp3) is 0.0476. The zero-order chi connectivity index (χ0) is 17.2. The minimum atomic E-state index is -0.0583. The van der Waals surface area contributed by atoms with Crippen molar-refractivity contribution in [3.8, 4) is 5.69 Å². The van der Waals surface area contributed by atoms with Crippen LogP contribution in [-0.4, -0.2) is 14.3 Å². The van der Waals surface area contributed by atoms with Crippen LogP contribution in [0.25, 0.3) is 22.8 Å². The van der Waals surface area contributed by atoms with Crippen molar-refractivity contribution in [1.82, 2.24) is 14.3 Å². The molecule has 2 aromatic heterocycles. The van der Waals surface area contributed by atoms with Crippen LogP contribution in [0, 0.1) is 0 Å². The third kappa shape index (κ3) is 2.68. The SMILES string of the molecule is C=Cc1ccc(Cn2c3ncccc3c(=O)n2-c2ccccc2)cc1. The summed E-state index contributed by atoms with van der Waals surface area (Å²) in [6.45, 7) is 4.34. The van der Waals surface area contributed by atoms with E-state index in [1.165, 1.54) is 0 Å². The highest BCUT2D eigenvalue weighted by atomic mass is 16.1. The molecule has 0 saturated heterocycles. The molecule has 0 saturated carbocycles. The smallest absolute Gasteiger partial charge is 0.267 e. The van der Waals surface area contributed by atoms with Gasteiger partial charge in [0, 0.05) is 6.20 Å². The molecule has 0 atom stereocenters.